The summed E-state index contributed by atoms with van der Waals surface area (Å²) in [5, 5.41) is 8.81. The summed E-state index contributed by atoms with van der Waals surface area (Å²) in [7, 11) is 0. The number of carboxylic acid groups (broad SMARTS) is 1. The van der Waals surface area contributed by atoms with Gasteiger partial charge in [0, 0.05) is 6.42 Å². The number of oxazole rings is 1. The Hall–Kier alpha value is -2.30. The molecule has 5 nitrogen and oxygen atoms in total. The molecule has 2 aromatic rings. The van der Waals surface area contributed by atoms with Crippen LogP contribution in [0, 0.1) is 0 Å². The van der Waals surface area contributed by atoms with Crippen molar-refractivity contribution in [2.45, 2.75) is 6.42 Å². The van der Waals surface area contributed by atoms with Crippen molar-refractivity contribution in [1.29, 1.82) is 0 Å². The first kappa shape index (κ1) is 11.2. The monoisotopic (exact) mass is 233 g/mol. The Kier molecular flexibility index (Phi) is 3.40. The van der Waals surface area contributed by atoms with E-state index >= 15 is 0 Å². The van der Waals surface area contributed by atoms with E-state index in [-0.39, 0.29) is 5.69 Å². The van der Waals surface area contributed by atoms with E-state index in [1.54, 1.807) is 0 Å². The number of benzene rings is 1. The summed E-state index contributed by atoms with van der Waals surface area (Å²) >= 11 is 0. The Morgan fingerprint density at radius 2 is 2.12 bits per heavy atom. The molecule has 0 bridgehead atoms. The van der Waals surface area contributed by atoms with Crippen LogP contribution in [-0.4, -0.2) is 22.7 Å². The SMILES string of the molecule is O=C(O)c1ncoc1CCOc1ccccc1. The third-order valence-electron chi connectivity index (χ3n) is 2.18. The highest BCUT2D eigenvalue weighted by Gasteiger charge is 2.14. The van der Waals surface area contributed by atoms with Gasteiger partial charge in [0.25, 0.3) is 0 Å². The molecular weight excluding hydrogens is 222 g/mol. The molecule has 0 fully saturated rings. The molecule has 0 saturated heterocycles. The highest BCUT2D eigenvalue weighted by molar-refractivity contribution is 5.86. The van der Waals surface area contributed by atoms with E-state index in [1.165, 1.54) is 0 Å². The second-order valence-corrected chi connectivity index (χ2v) is 3.34. The minimum atomic E-state index is -1.09. The van der Waals surface area contributed by atoms with Gasteiger partial charge in [-0.15, -0.1) is 0 Å². The number of aromatic nitrogens is 1. The molecule has 0 atom stereocenters. The van der Waals surface area contributed by atoms with Gasteiger partial charge in [-0.1, -0.05) is 18.2 Å². The third kappa shape index (κ3) is 2.84. The van der Waals surface area contributed by atoms with Gasteiger partial charge >= 0.3 is 5.97 Å². The second-order valence-electron chi connectivity index (χ2n) is 3.34. The van der Waals surface area contributed by atoms with Crippen molar-refractivity contribution in [3.8, 4) is 5.75 Å². The fraction of sp³-hybridized carbons (Fsp3) is 0.167. The van der Waals surface area contributed by atoms with Crippen molar-refractivity contribution in [2.75, 3.05) is 6.61 Å². The van der Waals surface area contributed by atoms with Gasteiger partial charge in [-0.05, 0) is 12.1 Å². The maximum Gasteiger partial charge on any atom is 0.358 e. The third-order valence-corrected chi connectivity index (χ3v) is 2.18. The molecule has 0 saturated carbocycles. The fourth-order valence-electron chi connectivity index (χ4n) is 1.40. The molecule has 17 heavy (non-hydrogen) atoms. The van der Waals surface area contributed by atoms with E-state index in [0.29, 0.717) is 18.8 Å². The summed E-state index contributed by atoms with van der Waals surface area (Å²) in [5.74, 6) is -0.0224. The number of para-hydroxylation sites is 1. The topological polar surface area (TPSA) is 72.6 Å². The lowest BCUT2D eigenvalue weighted by atomic mass is 10.3. The van der Waals surface area contributed by atoms with Gasteiger partial charge in [-0.2, -0.15) is 0 Å². The van der Waals surface area contributed by atoms with Crippen LogP contribution in [0.4, 0.5) is 0 Å². The number of carbonyl (C=O) groups is 1. The lowest BCUT2D eigenvalue weighted by Crippen LogP contribution is -2.06. The Balaban J connectivity index is 1.90. The first-order valence-corrected chi connectivity index (χ1v) is 5.11. The molecule has 2 rings (SSSR count). The Bertz CT molecular complexity index is 492. The molecule has 1 heterocycles. The van der Waals surface area contributed by atoms with Crippen LogP contribution in [0.2, 0.25) is 0 Å². The zero-order valence-corrected chi connectivity index (χ0v) is 9.00. The molecule has 1 aromatic heterocycles. The van der Waals surface area contributed by atoms with Crippen molar-refractivity contribution in [2.24, 2.45) is 0 Å². The van der Waals surface area contributed by atoms with Crippen molar-refractivity contribution < 1.29 is 19.1 Å². The minimum Gasteiger partial charge on any atom is -0.493 e. The molecule has 0 radical (unpaired) electrons. The zero-order valence-electron chi connectivity index (χ0n) is 9.00. The highest BCUT2D eigenvalue weighted by atomic mass is 16.5. The molecule has 0 aliphatic heterocycles. The number of hydrogen-bond acceptors (Lipinski definition) is 4. The van der Waals surface area contributed by atoms with Crippen LogP contribution >= 0.6 is 0 Å². The molecule has 5 heteroatoms. The molecule has 0 aliphatic carbocycles. The van der Waals surface area contributed by atoms with Crippen LogP contribution < -0.4 is 4.74 Å². The first-order valence-electron chi connectivity index (χ1n) is 5.11. The van der Waals surface area contributed by atoms with Gasteiger partial charge in [-0.3, -0.25) is 0 Å². The smallest absolute Gasteiger partial charge is 0.358 e. The lowest BCUT2D eigenvalue weighted by molar-refractivity contribution is 0.0688. The van der Waals surface area contributed by atoms with Gasteiger partial charge < -0.3 is 14.3 Å². The average molecular weight is 233 g/mol. The van der Waals surface area contributed by atoms with E-state index in [2.05, 4.69) is 4.98 Å². The number of rotatable bonds is 5. The highest BCUT2D eigenvalue weighted by Crippen LogP contribution is 2.11. The maximum absolute atomic E-state index is 10.8. The van der Waals surface area contributed by atoms with Gasteiger partial charge in [0.05, 0.1) is 6.61 Å². The Morgan fingerprint density at radius 1 is 1.35 bits per heavy atom. The van der Waals surface area contributed by atoms with Gasteiger partial charge in [0.2, 0.25) is 0 Å². The maximum atomic E-state index is 10.8. The molecule has 88 valence electrons. The van der Waals surface area contributed by atoms with Crippen LogP contribution in [0.15, 0.2) is 41.1 Å². The number of aromatic carboxylic acids is 1. The van der Waals surface area contributed by atoms with E-state index in [1.807, 2.05) is 30.3 Å². The van der Waals surface area contributed by atoms with Crippen LogP contribution in [0.1, 0.15) is 16.2 Å². The summed E-state index contributed by atoms with van der Waals surface area (Å²) in [6.45, 7) is 0.347. The quantitative estimate of drug-likeness (QED) is 0.854. The van der Waals surface area contributed by atoms with Gasteiger partial charge in [0.1, 0.15) is 11.5 Å². The fourth-order valence-corrected chi connectivity index (χ4v) is 1.40. The molecule has 1 N–H and O–H groups in total. The Labute approximate surface area is 97.7 Å². The standard InChI is InChI=1S/C12H11NO4/c14-12(15)11-10(17-8-13-11)6-7-16-9-4-2-1-3-5-9/h1-5,8H,6-7H2,(H,14,15). The van der Waals surface area contributed by atoms with Crippen molar-refractivity contribution in [3.05, 3.63) is 48.2 Å². The van der Waals surface area contributed by atoms with Crippen molar-refractivity contribution in [3.63, 3.8) is 0 Å². The van der Waals surface area contributed by atoms with E-state index in [4.69, 9.17) is 14.3 Å². The average Bonchev–Trinajstić information content (AvgIpc) is 2.79. The lowest BCUT2D eigenvalue weighted by Gasteiger charge is -2.04. The molecular formula is C12H11NO4. The second kappa shape index (κ2) is 5.16. The molecule has 0 unspecified atom stereocenters. The molecule has 0 spiro atoms. The van der Waals surface area contributed by atoms with Crippen LogP contribution in [0.25, 0.3) is 0 Å². The number of carboxylic acids is 1. The van der Waals surface area contributed by atoms with E-state index in [9.17, 15) is 4.79 Å². The largest absolute Gasteiger partial charge is 0.493 e. The van der Waals surface area contributed by atoms with Crippen molar-refractivity contribution in [1.82, 2.24) is 4.98 Å². The van der Waals surface area contributed by atoms with Gasteiger partial charge in [0.15, 0.2) is 12.1 Å². The van der Waals surface area contributed by atoms with Crippen molar-refractivity contribution >= 4 is 5.97 Å². The number of nitrogens with zero attached hydrogens (tertiary/aromatic N) is 1. The van der Waals surface area contributed by atoms with E-state index in [0.717, 1.165) is 12.1 Å². The summed E-state index contributed by atoms with van der Waals surface area (Å²) < 4.78 is 10.4. The number of hydrogen-bond donors (Lipinski definition) is 1. The first-order chi connectivity index (χ1) is 8.27. The van der Waals surface area contributed by atoms with Gasteiger partial charge in [-0.25, -0.2) is 9.78 Å². The minimum absolute atomic E-state index is 0.0540. The summed E-state index contributed by atoms with van der Waals surface area (Å²) in [4.78, 5) is 14.4. The predicted octanol–water partition coefficient (Wildman–Crippen LogP) is 1.99. The van der Waals surface area contributed by atoms with E-state index < -0.39 is 5.97 Å². The van der Waals surface area contributed by atoms with Crippen LogP contribution in [0.5, 0.6) is 5.75 Å². The predicted molar refractivity (Wildman–Crippen MR) is 59.1 cm³/mol. The Morgan fingerprint density at radius 3 is 2.82 bits per heavy atom. The summed E-state index contributed by atoms with van der Waals surface area (Å²) in [6.07, 6.45) is 1.50. The summed E-state index contributed by atoms with van der Waals surface area (Å²) in [5.41, 5.74) is -0.0540. The summed E-state index contributed by atoms with van der Waals surface area (Å²) in [6, 6.07) is 9.29. The molecule has 0 aliphatic rings. The van der Waals surface area contributed by atoms with Crippen LogP contribution in [0.3, 0.4) is 0 Å². The number of ether oxygens (including phenoxy) is 1. The zero-order chi connectivity index (χ0) is 12.1. The molecule has 1 aromatic carbocycles. The normalized spacial score (nSPS) is 10.1. The van der Waals surface area contributed by atoms with Crippen LogP contribution in [-0.2, 0) is 6.42 Å². The molecule has 0 amide bonds.